The number of nitrogens with zero attached hydrogens (tertiary/aromatic N) is 1. The maximum Gasteiger partial charge on any atom is 0.190 e. The Kier molecular flexibility index (Phi) is 7.50. The Morgan fingerprint density at radius 1 is 1.08 bits per heavy atom. The summed E-state index contributed by atoms with van der Waals surface area (Å²) >= 11 is 0. The first-order chi connectivity index (χ1) is 12.0. The molecule has 1 aliphatic rings. The molecule has 5 nitrogen and oxygen atoms in total. The molecule has 2 rings (SSSR count). The van der Waals surface area contributed by atoms with Gasteiger partial charge in [-0.15, -0.1) is 0 Å². The zero-order chi connectivity index (χ0) is 18.1. The molecule has 0 unspecified atom stereocenters. The number of aliphatic imine (C=N–C) groups is 1. The molecular weight excluding hydrogens is 334 g/mol. The molecule has 6 heteroatoms. The topological polar surface area (TPSA) is 70.6 Å². The van der Waals surface area contributed by atoms with Crippen LogP contribution in [0.5, 0.6) is 0 Å². The lowest BCUT2D eigenvalue weighted by Crippen LogP contribution is -2.38. The van der Waals surface area contributed by atoms with Gasteiger partial charge in [-0.1, -0.05) is 23.8 Å². The van der Waals surface area contributed by atoms with Gasteiger partial charge >= 0.3 is 0 Å². The molecule has 0 bridgehead atoms. The summed E-state index contributed by atoms with van der Waals surface area (Å²) in [6.45, 7) is 1.65. The predicted molar refractivity (Wildman–Crippen MR) is 104 cm³/mol. The Morgan fingerprint density at radius 3 is 2.32 bits per heavy atom. The Bertz CT molecular complexity index is 707. The fourth-order valence-electron chi connectivity index (χ4n) is 2.92. The molecule has 2 N–H and O–H groups in total. The molecule has 0 saturated carbocycles. The fraction of sp³-hybridized carbons (Fsp3) is 0.526. The third-order valence-electron chi connectivity index (χ3n) is 4.40. The van der Waals surface area contributed by atoms with Crippen LogP contribution < -0.4 is 10.6 Å². The van der Waals surface area contributed by atoms with Crippen molar-refractivity contribution < 1.29 is 8.42 Å². The lowest BCUT2D eigenvalue weighted by molar-refractivity contribution is 0.602. The number of nitrogens with one attached hydrogen (secondary N) is 2. The van der Waals surface area contributed by atoms with Gasteiger partial charge in [0.15, 0.2) is 15.8 Å². The van der Waals surface area contributed by atoms with E-state index in [9.17, 15) is 8.42 Å². The smallest absolute Gasteiger partial charge is 0.190 e. The van der Waals surface area contributed by atoms with Gasteiger partial charge in [-0.25, -0.2) is 8.42 Å². The summed E-state index contributed by atoms with van der Waals surface area (Å²) in [5, 5.41) is 6.65. The van der Waals surface area contributed by atoms with Gasteiger partial charge in [-0.05, 0) is 56.2 Å². The van der Waals surface area contributed by atoms with Crippen LogP contribution in [0.2, 0.25) is 0 Å². The summed E-state index contributed by atoms with van der Waals surface area (Å²) in [6.07, 6.45) is 10.6. The second-order valence-corrected chi connectivity index (χ2v) is 8.47. The van der Waals surface area contributed by atoms with Gasteiger partial charge in [0.2, 0.25) is 0 Å². The van der Waals surface area contributed by atoms with E-state index < -0.39 is 9.84 Å². The first kappa shape index (κ1) is 19.5. The lowest BCUT2D eigenvalue weighted by Gasteiger charge is -2.15. The molecule has 0 spiro atoms. The highest BCUT2D eigenvalue weighted by atomic mass is 32.2. The van der Waals surface area contributed by atoms with E-state index in [0.717, 1.165) is 37.5 Å². The van der Waals surface area contributed by atoms with Gasteiger partial charge < -0.3 is 10.6 Å². The molecule has 1 aromatic carbocycles. The van der Waals surface area contributed by atoms with Gasteiger partial charge in [0.05, 0.1) is 4.90 Å². The van der Waals surface area contributed by atoms with Crippen molar-refractivity contribution in [2.75, 3.05) is 26.4 Å². The van der Waals surface area contributed by atoms with Crippen LogP contribution in [0.3, 0.4) is 0 Å². The van der Waals surface area contributed by atoms with Gasteiger partial charge in [0, 0.05) is 26.4 Å². The second-order valence-electron chi connectivity index (χ2n) is 6.45. The van der Waals surface area contributed by atoms with Crippen LogP contribution in [0.4, 0.5) is 0 Å². The number of guanidine groups is 1. The van der Waals surface area contributed by atoms with Crippen molar-refractivity contribution in [1.82, 2.24) is 10.6 Å². The largest absolute Gasteiger partial charge is 0.356 e. The lowest BCUT2D eigenvalue weighted by atomic mass is 9.97. The summed E-state index contributed by atoms with van der Waals surface area (Å²) in [7, 11) is -1.35. The van der Waals surface area contributed by atoms with Crippen molar-refractivity contribution in [1.29, 1.82) is 0 Å². The zero-order valence-corrected chi connectivity index (χ0v) is 16.0. The van der Waals surface area contributed by atoms with Crippen molar-refractivity contribution >= 4 is 15.8 Å². The maximum atomic E-state index is 11.5. The van der Waals surface area contributed by atoms with Crippen LogP contribution in [0.15, 0.2) is 45.8 Å². The number of rotatable bonds is 7. The second kappa shape index (κ2) is 9.61. The monoisotopic (exact) mass is 363 g/mol. The van der Waals surface area contributed by atoms with E-state index >= 15 is 0 Å². The number of allylic oxidation sites excluding steroid dienone is 1. The molecule has 138 valence electrons. The Balaban J connectivity index is 1.71. The van der Waals surface area contributed by atoms with Crippen LogP contribution in [-0.2, 0) is 16.3 Å². The summed E-state index contributed by atoms with van der Waals surface area (Å²) in [6, 6.07) is 7.05. The van der Waals surface area contributed by atoms with E-state index in [-0.39, 0.29) is 0 Å². The standard InChI is InChI=1S/C19H29N3O2S/c1-20-19(21-14-12-16-6-4-3-5-7-16)22-15-13-17-8-10-18(11-9-17)25(2,23)24/h6,8-11H,3-5,7,12-15H2,1-2H3,(H2,20,21,22). The molecule has 1 aromatic rings. The van der Waals surface area contributed by atoms with Crippen molar-refractivity contribution in [3.8, 4) is 0 Å². The van der Waals surface area contributed by atoms with Gasteiger partial charge in [0.1, 0.15) is 0 Å². The minimum atomic E-state index is -3.13. The van der Waals surface area contributed by atoms with E-state index in [1.54, 1.807) is 24.8 Å². The molecule has 0 atom stereocenters. The normalized spacial score (nSPS) is 15.6. The number of hydrogen-bond donors (Lipinski definition) is 2. The van der Waals surface area contributed by atoms with Crippen molar-refractivity contribution in [3.05, 3.63) is 41.5 Å². The number of benzene rings is 1. The highest BCUT2D eigenvalue weighted by Gasteiger charge is 2.06. The first-order valence-corrected chi connectivity index (χ1v) is 10.8. The van der Waals surface area contributed by atoms with Crippen molar-refractivity contribution in [2.45, 2.75) is 43.4 Å². The average molecular weight is 364 g/mol. The number of hydrogen-bond acceptors (Lipinski definition) is 3. The summed E-state index contributed by atoms with van der Waals surface area (Å²) in [5.41, 5.74) is 2.66. The Hall–Kier alpha value is -1.82. The Morgan fingerprint density at radius 2 is 1.76 bits per heavy atom. The SMILES string of the molecule is CN=C(NCCC1=CCCCC1)NCCc1ccc(S(C)(=O)=O)cc1. The molecule has 0 saturated heterocycles. The van der Waals surface area contributed by atoms with Crippen molar-refractivity contribution in [3.63, 3.8) is 0 Å². The predicted octanol–water partition coefficient (Wildman–Crippen LogP) is 2.69. The summed E-state index contributed by atoms with van der Waals surface area (Å²) < 4.78 is 22.9. The summed E-state index contributed by atoms with van der Waals surface area (Å²) in [5.74, 6) is 0.809. The number of sulfone groups is 1. The molecule has 0 amide bonds. The van der Waals surface area contributed by atoms with Gasteiger partial charge in [-0.3, -0.25) is 4.99 Å². The average Bonchev–Trinajstić information content (AvgIpc) is 2.61. The molecule has 1 aliphatic carbocycles. The fourth-order valence-corrected chi connectivity index (χ4v) is 3.55. The van der Waals surface area contributed by atoms with E-state index in [0.29, 0.717) is 4.90 Å². The van der Waals surface area contributed by atoms with E-state index in [1.807, 2.05) is 12.1 Å². The highest BCUT2D eigenvalue weighted by Crippen LogP contribution is 2.19. The maximum absolute atomic E-state index is 11.5. The molecule has 0 heterocycles. The minimum absolute atomic E-state index is 0.360. The molecule has 25 heavy (non-hydrogen) atoms. The molecule has 0 radical (unpaired) electrons. The summed E-state index contributed by atoms with van der Waals surface area (Å²) in [4.78, 5) is 4.60. The zero-order valence-electron chi connectivity index (χ0n) is 15.2. The van der Waals surface area contributed by atoms with Crippen LogP contribution >= 0.6 is 0 Å². The van der Waals surface area contributed by atoms with Crippen LogP contribution in [-0.4, -0.2) is 40.8 Å². The third kappa shape index (κ3) is 6.90. The quantitative estimate of drug-likeness (QED) is 0.444. The van der Waals surface area contributed by atoms with Gasteiger partial charge in [-0.2, -0.15) is 0 Å². The van der Waals surface area contributed by atoms with Gasteiger partial charge in [0.25, 0.3) is 0 Å². The third-order valence-corrected chi connectivity index (χ3v) is 5.53. The first-order valence-electron chi connectivity index (χ1n) is 8.90. The highest BCUT2D eigenvalue weighted by molar-refractivity contribution is 7.90. The van der Waals surface area contributed by atoms with E-state index in [2.05, 4.69) is 21.7 Å². The van der Waals surface area contributed by atoms with Crippen LogP contribution in [0, 0.1) is 0 Å². The molecular formula is C19H29N3O2S. The van der Waals surface area contributed by atoms with Crippen LogP contribution in [0.25, 0.3) is 0 Å². The van der Waals surface area contributed by atoms with Crippen molar-refractivity contribution in [2.24, 2.45) is 4.99 Å². The molecule has 0 aromatic heterocycles. The van der Waals surface area contributed by atoms with E-state index in [1.165, 1.54) is 31.9 Å². The van der Waals surface area contributed by atoms with Crippen LogP contribution in [0.1, 0.15) is 37.7 Å². The minimum Gasteiger partial charge on any atom is -0.356 e. The van der Waals surface area contributed by atoms with E-state index in [4.69, 9.17) is 0 Å². The molecule has 0 aliphatic heterocycles. The molecule has 0 fully saturated rings. The Labute approximate surface area is 151 Å².